The van der Waals surface area contributed by atoms with E-state index in [1.54, 1.807) is 11.8 Å². The molecule has 2 aromatic rings. The second-order valence-electron chi connectivity index (χ2n) is 5.19. The van der Waals surface area contributed by atoms with Crippen molar-refractivity contribution in [3.05, 3.63) is 65.7 Å². The molecule has 0 spiro atoms. The third-order valence-corrected chi connectivity index (χ3v) is 3.53. The van der Waals surface area contributed by atoms with Crippen molar-refractivity contribution >= 4 is 11.6 Å². The van der Waals surface area contributed by atoms with E-state index in [1.807, 2.05) is 25.2 Å². The predicted molar refractivity (Wildman–Crippen MR) is 87.2 cm³/mol. The molecule has 21 heavy (non-hydrogen) atoms. The van der Waals surface area contributed by atoms with E-state index in [1.165, 1.54) is 5.56 Å². The number of hydrogen-bond acceptors (Lipinski definition) is 2. The number of nitrogens with one attached hydrogen (secondary N) is 1. The zero-order valence-electron chi connectivity index (χ0n) is 12.7. The molecule has 0 aliphatic rings. The molecule has 0 aliphatic heterocycles. The van der Waals surface area contributed by atoms with Crippen LogP contribution in [0.1, 0.15) is 18.1 Å². The minimum Gasteiger partial charge on any atom is -0.384 e. The first kappa shape index (κ1) is 15.1. The lowest BCUT2D eigenvalue weighted by molar-refractivity contribution is -0.128. The van der Waals surface area contributed by atoms with Gasteiger partial charge in [0.15, 0.2) is 0 Å². The highest BCUT2D eigenvalue weighted by atomic mass is 16.2. The van der Waals surface area contributed by atoms with Crippen LogP contribution >= 0.6 is 0 Å². The van der Waals surface area contributed by atoms with E-state index in [-0.39, 0.29) is 5.91 Å². The third-order valence-electron chi connectivity index (χ3n) is 3.53. The first-order valence-electron chi connectivity index (χ1n) is 7.24. The fraction of sp³-hybridized carbons (Fsp3) is 0.278. The number of anilines is 1. The van der Waals surface area contributed by atoms with Crippen LogP contribution in [0.25, 0.3) is 0 Å². The Morgan fingerprint density at radius 2 is 1.71 bits per heavy atom. The number of nitrogens with zero attached hydrogens (tertiary/aromatic N) is 1. The number of benzene rings is 2. The van der Waals surface area contributed by atoms with Gasteiger partial charge < -0.3 is 10.2 Å². The highest BCUT2D eigenvalue weighted by Gasteiger charge is 2.07. The maximum absolute atomic E-state index is 11.4. The number of amides is 1. The van der Waals surface area contributed by atoms with Gasteiger partial charge in [0, 0.05) is 32.7 Å². The lowest BCUT2D eigenvalue weighted by atomic mass is 10.1. The summed E-state index contributed by atoms with van der Waals surface area (Å²) in [6.45, 7) is 3.10. The van der Waals surface area contributed by atoms with Crippen LogP contribution in [0.5, 0.6) is 0 Å². The summed E-state index contributed by atoms with van der Waals surface area (Å²) in [5.74, 6) is 0.0779. The van der Waals surface area contributed by atoms with Gasteiger partial charge in [0.1, 0.15) is 0 Å². The van der Waals surface area contributed by atoms with Gasteiger partial charge in [-0.1, -0.05) is 48.5 Å². The van der Waals surface area contributed by atoms with Crippen molar-refractivity contribution in [2.75, 3.05) is 18.9 Å². The standard InChI is InChI=1S/C18H22N2O/c1-15(21)20(2)14-17-10-6-7-11-18(17)19-13-12-16-8-4-3-5-9-16/h3-11,19H,12-14H2,1-2H3. The summed E-state index contributed by atoms with van der Waals surface area (Å²) in [5, 5.41) is 3.47. The molecular weight excluding hydrogens is 260 g/mol. The normalized spacial score (nSPS) is 10.2. The lowest BCUT2D eigenvalue weighted by Gasteiger charge is -2.18. The van der Waals surface area contributed by atoms with Gasteiger partial charge in [-0.3, -0.25) is 4.79 Å². The quantitative estimate of drug-likeness (QED) is 0.881. The minimum atomic E-state index is 0.0779. The molecule has 0 saturated carbocycles. The molecule has 0 aliphatic carbocycles. The van der Waals surface area contributed by atoms with Crippen molar-refractivity contribution in [2.24, 2.45) is 0 Å². The Bertz CT molecular complexity index is 581. The molecule has 3 nitrogen and oxygen atoms in total. The largest absolute Gasteiger partial charge is 0.384 e. The third kappa shape index (κ3) is 4.63. The van der Waals surface area contributed by atoms with Crippen LogP contribution in [0.3, 0.4) is 0 Å². The van der Waals surface area contributed by atoms with Gasteiger partial charge in [-0.25, -0.2) is 0 Å². The molecule has 0 aromatic heterocycles. The molecular formula is C18H22N2O. The molecule has 2 rings (SSSR count). The van der Waals surface area contributed by atoms with E-state index < -0.39 is 0 Å². The molecule has 0 bridgehead atoms. The van der Waals surface area contributed by atoms with Crippen molar-refractivity contribution < 1.29 is 4.79 Å². The molecule has 3 heteroatoms. The van der Waals surface area contributed by atoms with Crippen LogP contribution < -0.4 is 5.32 Å². The Balaban J connectivity index is 1.95. The van der Waals surface area contributed by atoms with E-state index in [9.17, 15) is 4.79 Å². The van der Waals surface area contributed by atoms with Gasteiger partial charge in [0.2, 0.25) is 5.91 Å². The number of carbonyl (C=O) groups is 1. The minimum absolute atomic E-state index is 0.0779. The molecule has 1 amide bonds. The molecule has 0 unspecified atom stereocenters. The zero-order valence-corrected chi connectivity index (χ0v) is 12.7. The summed E-state index contributed by atoms with van der Waals surface area (Å²) in [7, 11) is 1.82. The highest BCUT2D eigenvalue weighted by Crippen LogP contribution is 2.17. The van der Waals surface area contributed by atoms with Crippen LogP contribution in [-0.4, -0.2) is 24.4 Å². The summed E-state index contributed by atoms with van der Waals surface area (Å²) in [6, 6.07) is 18.6. The van der Waals surface area contributed by atoms with Crippen molar-refractivity contribution in [1.29, 1.82) is 0 Å². The van der Waals surface area contributed by atoms with Crippen LogP contribution in [-0.2, 0) is 17.8 Å². The van der Waals surface area contributed by atoms with Crippen LogP contribution in [0.4, 0.5) is 5.69 Å². The Kier molecular flexibility index (Phi) is 5.38. The molecule has 0 saturated heterocycles. The molecule has 1 N–H and O–H groups in total. The SMILES string of the molecule is CC(=O)N(C)Cc1ccccc1NCCc1ccccc1. The summed E-state index contributed by atoms with van der Waals surface area (Å²) < 4.78 is 0. The number of para-hydroxylation sites is 1. The molecule has 0 atom stereocenters. The lowest BCUT2D eigenvalue weighted by Crippen LogP contribution is -2.23. The van der Waals surface area contributed by atoms with Crippen molar-refractivity contribution in [3.63, 3.8) is 0 Å². The van der Waals surface area contributed by atoms with Crippen molar-refractivity contribution in [1.82, 2.24) is 4.90 Å². The Hall–Kier alpha value is -2.29. The predicted octanol–water partition coefficient (Wildman–Crippen LogP) is 3.32. The Morgan fingerprint density at radius 1 is 1.05 bits per heavy atom. The van der Waals surface area contributed by atoms with E-state index in [2.05, 4.69) is 41.7 Å². The van der Waals surface area contributed by atoms with E-state index in [0.29, 0.717) is 6.54 Å². The topological polar surface area (TPSA) is 32.3 Å². The first-order chi connectivity index (χ1) is 10.2. The van der Waals surface area contributed by atoms with E-state index in [4.69, 9.17) is 0 Å². The second-order valence-corrected chi connectivity index (χ2v) is 5.19. The number of rotatable bonds is 6. The van der Waals surface area contributed by atoms with Gasteiger partial charge in [0.05, 0.1) is 0 Å². The van der Waals surface area contributed by atoms with Gasteiger partial charge in [-0.2, -0.15) is 0 Å². The maximum atomic E-state index is 11.4. The van der Waals surface area contributed by atoms with Crippen LogP contribution in [0, 0.1) is 0 Å². The molecule has 0 heterocycles. The van der Waals surface area contributed by atoms with Gasteiger partial charge in [-0.05, 0) is 23.6 Å². The summed E-state index contributed by atoms with van der Waals surface area (Å²) in [4.78, 5) is 13.1. The zero-order chi connectivity index (χ0) is 15.1. The first-order valence-corrected chi connectivity index (χ1v) is 7.24. The van der Waals surface area contributed by atoms with Gasteiger partial charge >= 0.3 is 0 Å². The molecule has 0 radical (unpaired) electrons. The molecule has 0 fully saturated rings. The maximum Gasteiger partial charge on any atom is 0.219 e. The Labute approximate surface area is 126 Å². The average molecular weight is 282 g/mol. The highest BCUT2D eigenvalue weighted by molar-refractivity contribution is 5.73. The summed E-state index contributed by atoms with van der Waals surface area (Å²) >= 11 is 0. The monoisotopic (exact) mass is 282 g/mol. The summed E-state index contributed by atoms with van der Waals surface area (Å²) in [6.07, 6.45) is 0.984. The Morgan fingerprint density at radius 3 is 2.43 bits per heavy atom. The average Bonchev–Trinajstić information content (AvgIpc) is 2.50. The van der Waals surface area contributed by atoms with E-state index >= 15 is 0 Å². The van der Waals surface area contributed by atoms with Crippen LogP contribution in [0.2, 0.25) is 0 Å². The fourth-order valence-corrected chi connectivity index (χ4v) is 2.18. The smallest absolute Gasteiger partial charge is 0.219 e. The van der Waals surface area contributed by atoms with Crippen molar-refractivity contribution in [2.45, 2.75) is 19.9 Å². The molecule has 110 valence electrons. The number of carbonyl (C=O) groups excluding carboxylic acids is 1. The van der Waals surface area contributed by atoms with Gasteiger partial charge in [-0.15, -0.1) is 0 Å². The number of hydrogen-bond donors (Lipinski definition) is 1. The fourth-order valence-electron chi connectivity index (χ4n) is 2.18. The van der Waals surface area contributed by atoms with Crippen LogP contribution in [0.15, 0.2) is 54.6 Å². The van der Waals surface area contributed by atoms with E-state index in [0.717, 1.165) is 24.2 Å². The summed E-state index contributed by atoms with van der Waals surface area (Å²) in [5.41, 5.74) is 3.56. The van der Waals surface area contributed by atoms with Crippen molar-refractivity contribution in [3.8, 4) is 0 Å². The van der Waals surface area contributed by atoms with Gasteiger partial charge in [0.25, 0.3) is 0 Å². The molecule has 2 aromatic carbocycles. The second kappa shape index (κ2) is 7.48.